The van der Waals surface area contributed by atoms with E-state index in [9.17, 15) is 4.79 Å². The second kappa shape index (κ2) is 9.94. The van der Waals surface area contributed by atoms with Gasteiger partial charge in [0.2, 0.25) is 0 Å². The minimum Gasteiger partial charge on any atom is -0.496 e. The molecule has 9 heteroatoms. The van der Waals surface area contributed by atoms with E-state index in [-0.39, 0.29) is 12.1 Å². The van der Waals surface area contributed by atoms with Gasteiger partial charge in [-0.05, 0) is 83.2 Å². The van der Waals surface area contributed by atoms with Gasteiger partial charge in [0.1, 0.15) is 22.7 Å². The van der Waals surface area contributed by atoms with E-state index in [1.807, 2.05) is 69.9 Å². The van der Waals surface area contributed by atoms with Crippen LogP contribution in [-0.4, -0.2) is 64.3 Å². The number of hydrogen-bond acceptors (Lipinski definition) is 8. The van der Waals surface area contributed by atoms with Crippen molar-refractivity contribution in [2.24, 2.45) is 5.92 Å². The number of hydrogen-bond donors (Lipinski definition) is 0. The Bertz CT molecular complexity index is 1590. The van der Waals surface area contributed by atoms with E-state index < -0.39 is 5.60 Å². The zero-order chi connectivity index (χ0) is 28.2. The normalized spacial score (nSPS) is 17.6. The van der Waals surface area contributed by atoms with Crippen molar-refractivity contribution in [3.63, 3.8) is 0 Å². The van der Waals surface area contributed by atoms with Gasteiger partial charge in [-0.3, -0.25) is 0 Å². The molecule has 1 atom stereocenters. The molecule has 4 heterocycles. The number of methoxy groups -OCH3 is 1. The number of ether oxygens (including phenoxy) is 2. The number of pyridine rings is 2. The molecule has 6 rings (SSSR count). The molecule has 1 aromatic carbocycles. The van der Waals surface area contributed by atoms with E-state index in [0.717, 1.165) is 71.0 Å². The summed E-state index contributed by atoms with van der Waals surface area (Å²) >= 11 is 0. The Labute approximate surface area is 234 Å². The molecule has 4 aromatic rings. The summed E-state index contributed by atoms with van der Waals surface area (Å²) in [4.78, 5) is 31.6. The third kappa shape index (κ3) is 5.17. The van der Waals surface area contributed by atoms with Gasteiger partial charge in [0.15, 0.2) is 11.5 Å². The van der Waals surface area contributed by atoms with Crippen molar-refractivity contribution < 1.29 is 18.7 Å². The van der Waals surface area contributed by atoms with Crippen LogP contribution in [0.2, 0.25) is 0 Å². The molecular weight excluding hydrogens is 506 g/mol. The third-order valence-electron chi connectivity index (χ3n) is 7.69. The number of aryl methyl sites for hydroxylation is 2. The van der Waals surface area contributed by atoms with E-state index >= 15 is 0 Å². The molecule has 2 aliphatic rings. The lowest BCUT2D eigenvalue weighted by atomic mass is 10.0. The lowest BCUT2D eigenvalue weighted by molar-refractivity contribution is 0.0167. The maximum absolute atomic E-state index is 13.1. The summed E-state index contributed by atoms with van der Waals surface area (Å²) in [5.41, 5.74) is 5.19. The van der Waals surface area contributed by atoms with E-state index in [4.69, 9.17) is 23.9 Å². The number of benzene rings is 1. The summed E-state index contributed by atoms with van der Waals surface area (Å²) in [5, 5.41) is 0. The van der Waals surface area contributed by atoms with Crippen molar-refractivity contribution in [2.45, 2.75) is 65.5 Å². The van der Waals surface area contributed by atoms with Gasteiger partial charge in [0.05, 0.1) is 29.9 Å². The van der Waals surface area contributed by atoms with Gasteiger partial charge in [-0.15, -0.1) is 0 Å². The SMILES string of the molecule is COc1c(-c2ccc3nc(N4CCC(N(CC5CC5)C(=O)OC(C)(C)C)C4)ccc3n2)cc2oc(C)nc2c1C. The first-order chi connectivity index (χ1) is 19.1. The van der Waals surface area contributed by atoms with Crippen LogP contribution < -0.4 is 9.64 Å². The van der Waals surface area contributed by atoms with Gasteiger partial charge in [-0.1, -0.05) is 0 Å². The van der Waals surface area contributed by atoms with Crippen LogP contribution >= 0.6 is 0 Å². The smallest absolute Gasteiger partial charge is 0.410 e. The van der Waals surface area contributed by atoms with Gasteiger partial charge < -0.3 is 23.7 Å². The van der Waals surface area contributed by atoms with Gasteiger partial charge in [-0.25, -0.2) is 19.7 Å². The van der Waals surface area contributed by atoms with Crippen LogP contribution in [0.25, 0.3) is 33.4 Å². The van der Waals surface area contributed by atoms with Crippen LogP contribution in [0.1, 0.15) is 51.5 Å². The summed E-state index contributed by atoms with van der Waals surface area (Å²) in [7, 11) is 1.66. The number of nitrogens with zero attached hydrogens (tertiary/aromatic N) is 5. The summed E-state index contributed by atoms with van der Waals surface area (Å²) in [5.74, 6) is 2.84. The van der Waals surface area contributed by atoms with Crippen LogP contribution in [0, 0.1) is 19.8 Å². The molecule has 0 spiro atoms. The Morgan fingerprint density at radius 2 is 1.82 bits per heavy atom. The number of rotatable bonds is 6. The van der Waals surface area contributed by atoms with Crippen molar-refractivity contribution in [3.05, 3.63) is 41.8 Å². The molecule has 9 nitrogen and oxygen atoms in total. The zero-order valence-corrected chi connectivity index (χ0v) is 24.2. The molecule has 1 aliphatic carbocycles. The van der Waals surface area contributed by atoms with Crippen molar-refractivity contribution in [1.82, 2.24) is 19.9 Å². The van der Waals surface area contributed by atoms with Crippen LogP contribution in [0.15, 0.2) is 34.7 Å². The number of oxazole rings is 1. The van der Waals surface area contributed by atoms with Crippen LogP contribution in [0.4, 0.5) is 10.6 Å². The number of amides is 1. The molecule has 2 fully saturated rings. The number of fused-ring (bicyclic) bond motifs is 2. The summed E-state index contributed by atoms with van der Waals surface area (Å²) in [6.07, 6.45) is 3.06. The largest absolute Gasteiger partial charge is 0.496 e. The summed E-state index contributed by atoms with van der Waals surface area (Å²) in [6, 6.07) is 10.1. The molecule has 3 aromatic heterocycles. The first-order valence-corrected chi connectivity index (χ1v) is 14.1. The lowest BCUT2D eigenvalue weighted by Crippen LogP contribution is -2.45. The van der Waals surface area contributed by atoms with Crippen LogP contribution in [-0.2, 0) is 4.74 Å². The van der Waals surface area contributed by atoms with Crippen molar-refractivity contribution in [2.75, 3.05) is 31.6 Å². The van der Waals surface area contributed by atoms with E-state index in [2.05, 4.69) is 9.88 Å². The van der Waals surface area contributed by atoms with E-state index in [1.165, 1.54) is 12.8 Å². The van der Waals surface area contributed by atoms with Gasteiger partial charge in [0.25, 0.3) is 0 Å². The molecule has 1 aliphatic heterocycles. The quantitative estimate of drug-likeness (QED) is 0.280. The maximum Gasteiger partial charge on any atom is 0.410 e. The van der Waals surface area contributed by atoms with Crippen molar-refractivity contribution in [3.8, 4) is 17.0 Å². The highest BCUT2D eigenvalue weighted by molar-refractivity contribution is 5.89. The standard InChI is InChI=1S/C31H37N5O4/c1-18-28-26(39-19(2)32-28)15-22(29(18)38-6)23-9-10-25-24(33-23)11-12-27(34-25)35-14-13-21(17-35)36(16-20-7-8-20)30(37)40-31(3,4)5/h9-12,15,20-21H,7-8,13-14,16-17H2,1-6H3. The number of anilines is 1. The average molecular weight is 544 g/mol. The molecule has 0 N–H and O–H groups in total. The minimum absolute atomic E-state index is 0.110. The topological polar surface area (TPSA) is 93.8 Å². The molecule has 1 unspecified atom stereocenters. The van der Waals surface area contributed by atoms with Crippen LogP contribution in [0.5, 0.6) is 5.75 Å². The molecule has 210 valence electrons. The zero-order valence-electron chi connectivity index (χ0n) is 24.2. The van der Waals surface area contributed by atoms with Gasteiger partial charge in [0, 0.05) is 37.7 Å². The molecule has 1 saturated carbocycles. The Morgan fingerprint density at radius 3 is 2.55 bits per heavy atom. The predicted molar refractivity (Wildman–Crippen MR) is 155 cm³/mol. The minimum atomic E-state index is -0.509. The molecule has 0 bridgehead atoms. The number of carbonyl (C=O) groups is 1. The molecule has 1 saturated heterocycles. The highest BCUT2D eigenvalue weighted by Gasteiger charge is 2.37. The molecule has 40 heavy (non-hydrogen) atoms. The fraction of sp³-hybridized carbons (Fsp3) is 0.484. The maximum atomic E-state index is 13.1. The van der Waals surface area contributed by atoms with E-state index in [0.29, 0.717) is 17.4 Å². The third-order valence-corrected chi connectivity index (χ3v) is 7.69. The fourth-order valence-corrected chi connectivity index (χ4v) is 5.57. The van der Waals surface area contributed by atoms with Crippen molar-refractivity contribution >= 4 is 34.0 Å². The summed E-state index contributed by atoms with van der Waals surface area (Å²) in [6.45, 7) is 11.9. The molecule has 0 radical (unpaired) electrons. The Hall–Kier alpha value is -3.88. The Morgan fingerprint density at radius 1 is 1.07 bits per heavy atom. The Balaban J connectivity index is 1.24. The lowest BCUT2D eigenvalue weighted by Gasteiger charge is -2.32. The summed E-state index contributed by atoms with van der Waals surface area (Å²) < 4.78 is 17.3. The predicted octanol–water partition coefficient (Wildman–Crippen LogP) is 6.29. The Kier molecular flexibility index (Phi) is 6.55. The monoisotopic (exact) mass is 543 g/mol. The van der Waals surface area contributed by atoms with Crippen LogP contribution in [0.3, 0.4) is 0 Å². The second-order valence-electron chi connectivity index (χ2n) is 12.0. The molecular formula is C31H37N5O4. The second-order valence-corrected chi connectivity index (χ2v) is 12.0. The van der Waals surface area contributed by atoms with Gasteiger partial charge in [-0.2, -0.15) is 0 Å². The van der Waals surface area contributed by atoms with Gasteiger partial charge >= 0.3 is 6.09 Å². The van der Waals surface area contributed by atoms with Crippen molar-refractivity contribution in [1.29, 1.82) is 0 Å². The average Bonchev–Trinajstić information content (AvgIpc) is 3.45. The number of carbonyl (C=O) groups excluding carboxylic acids is 1. The van der Waals surface area contributed by atoms with E-state index in [1.54, 1.807) is 7.11 Å². The first-order valence-electron chi connectivity index (χ1n) is 14.1. The number of aromatic nitrogens is 3. The highest BCUT2D eigenvalue weighted by atomic mass is 16.6. The molecule has 1 amide bonds. The highest BCUT2D eigenvalue weighted by Crippen LogP contribution is 2.38. The fourth-order valence-electron chi connectivity index (χ4n) is 5.57. The first kappa shape index (κ1) is 26.3.